The molecule has 0 aliphatic heterocycles. The first-order valence-electron chi connectivity index (χ1n) is 6.15. The molecular formula is C14H13F3N2O. The molecule has 20 heavy (non-hydrogen) atoms. The minimum absolute atomic E-state index is 0.145. The van der Waals surface area contributed by atoms with Crippen molar-refractivity contribution in [1.29, 1.82) is 0 Å². The van der Waals surface area contributed by atoms with Crippen LogP contribution in [0.5, 0.6) is 5.75 Å². The van der Waals surface area contributed by atoms with E-state index in [9.17, 15) is 13.2 Å². The van der Waals surface area contributed by atoms with E-state index >= 15 is 0 Å². The van der Waals surface area contributed by atoms with E-state index in [0.29, 0.717) is 5.56 Å². The molecule has 3 rings (SSSR count). The molecular weight excluding hydrogens is 269 g/mol. The number of rotatable bonds is 3. The minimum atomic E-state index is -2.12. The van der Waals surface area contributed by atoms with Crippen molar-refractivity contribution in [3.8, 4) is 5.75 Å². The van der Waals surface area contributed by atoms with Crippen LogP contribution in [0, 0.1) is 18.7 Å². The second kappa shape index (κ2) is 4.28. The van der Waals surface area contributed by atoms with E-state index in [1.807, 2.05) is 0 Å². The van der Waals surface area contributed by atoms with Crippen LogP contribution in [0.1, 0.15) is 5.56 Å². The Morgan fingerprint density at radius 2 is 2.10 bits per heavy atom. The van der Waals surface area contributed by atoms with Gasteiger partial charge < -0.3 is 10.2 Å². The number of allylic oxidation sites excluding steroid dienone is 2. The van der Waals surface area contributed by atoms with Crippen molar-refractivity contribution in [3.63, 3.8) is 0 Å². The molecule has 0 spiro atoms. The third-order valence-corrected chi connectivity index (χ3v) is 3.71. The smallest absolute Gasteiger partial charge is 0.208 e. The Morgan fingerprint density at radius 3 is 2.70 bits per heavy atom. The maximum atomic E-state index is 14.3. The average molecular weight is 282 g/mol. The van der Waals surface area contributed by atoms with Crippen LogP contribution in [0.3, 0.4) is 0 Å². The van der Waals surface area contributed by atoms with Crippen LogP contribution in [0.2, 0.25) is 0 Å². The number of anilines is 1. The molecule has 1 saturated carbocycles. The van der Waals surface area contributed by atoms with Crippen LogP contribution in [-0.4, -0.2) is 11.8 Å². The number of nitrogen functional groups attached to an aromatic ring is 1. The van der Waals surface area contributed by atoms with E-state index < -0.39 is 29.3 Å². The number of aryl methyl sites for hydroxylation is 1. The number of nitrogens with one attached hydrogen (secondary N) is 1. The average Bonchev–Trinajstić information content (AvgIpc) is 2.96. The molecule has 1 aromatic rings. The van der Waals surface area contributed by atoms with E-state index in [0.717, 1.165) is 12.1 Å². The monoisotopic (exact) mass is 282 g/mol. The molecule has 3 atom stereocenters. The molecule has 0 radical (unpaired) electrons. The fourth-order valence-corrected chi connectivity index (χ4v) is 2.54. The Kier molecular flexibility index (Phi) is 2.79. The van der Waals surface area contributed by atoms with Crippen LogP contribution in [0.4, 0.5) is 18.9 Å². The van der Waals surface area contributed by atoms with Gasteiger partial charge in [-0.1, -0.05) is 12.2 Å². The zero-order valence-corrected chi connectivity index (χ0v) is 10.7. The Labute approximate surface area is 113 Å². The second-order valence-electron chi connectivity index (χ2n) is 4.97. The van der Waals surface area contributed by atoms with Gasteiger partial charge in [0.1, 0.15) is 17.7 Å². The first kappa shape index (κ1) is 13.1. The lowest BCUT2D eigenvalue weighted by molar-refractivity contribution is 0.195. The molecule has 3 nitrogen and oxygen atoms in total. The molecule has 0 heterocycles. The zero-order valence-electron chi connectivity index (χ0n) is 10.7. The molecule has 2 aliphatic carbocycles. The highest BCUT2D eigenvalue weighted by Crippen LogP contribution is 2.57. The molecule has 106 valence electrons. The summed E-state index contributed by atoms with van der Waals surface area (Å²) >= 11 is 0. The summed E-state index contributed by atoms with van der Waals surface area (Å²) in [5.74, 6) is 3.22. The van der Waals surface area contributed by atoms with Gasteiger partial charge in [-0.25, -0.2) is 13.2 Å². The van der Waals surface area contributed by atoms with Crippen molar-refractivity contribution < 1.29 is 17.9 Å². The van der Waals surface area contributed by atoms with Gasteiger partial charge in [0.05, 0.1) is 11.6 Å². The highest BCUT2D eigenvalue weighted by molar-refractivity contribution is 5.54. The lowest BCUT2D eigenvalue weighted by atomic mass is 10.1. The molecule has 1 aromatic carbocycles. The van der Waals surface area contributed by atoms with Crippen molar-refractivity contribution in [2.24, 2.45) is 11.8 Å². The van der Waals surface area contributed by atoms with E-state index in [2.05, 4.69) is 5.43 Å². The molecule has 1 fully saturated rings. The molecule has 6 heteroatoms. The van der Waals surface area contributed by atoms with Gasteiger partial charge in [0.25, 0.3) is 0 Å². The summed E-state index contributed by atoms with van der Waals surface area (Å²) in [6, 6.07) is 2.62. The molecule has 0 saturated heterocycles. The van der Waals surface area contributed by atoms with Crippen molar-refractivity contribution in [2.45, 2.75) is 18.7 Å². The Morgan fingerprint density at radius 1 is 1.35 bits per heavy atom. The number of halogens is 3. The van der Waals surface area contributed by atoms with Gasteiger partial charge in [0, 0.05) is 6.07 Å². The van der Waals surface area contributed by atoms with Gasteiger partial charge in [0.2, 0.25) is 5.67 Å². The Balaban J connectivity index is 1.84. The molecule has 0 aromatic heterocycles. The number of ether oxygens (including phenoxy) is 1. The Hall–Kier alpha value is -1.95. The van der Waals surface area contributed by atoms with Crippen LogP contribution >= 0.6 is 0 Å². The number of benzene rings is 1. The molecule has 2 unspecified atom stereocenters. The summed E-state index contributed by atoms with van der Waals surface area (Å²) in [5.41, 5.74) is 0.782. The maximum absolute atomic E-state index is 14.3. The van der Waals surface area contributed by atoms with Crippen LogP contribution in [-0.2, 0) is 0 Å². The van der Waals surface area contributed by atoms with E-state index in [1.165, 1.54) is 12.1 Å². The quantitative estimate of drug-likeness (QED) is 0.662. The predicted octanol–water partition coefficient (Wildman–Crippen LogP) is 2.93. The summed E-state index contributed by atoms with van der Waals surface area (Å²) in [6.45, 7) is 1.64. The van der Waals surface area contributed by atoms with E-state index in [4.69, 9.17) is 10.6 Å². The summed E-state index contributed by atoms with van der Waals surface area (Å²) in [6.07, 6.45) is 3.11. The summed E-state index contributed by atoms with van der Waals surface area (Å²) < 4.78 is 46.9. The second-order valence-corrected chi connectivity index (χ2v) is 4.97. The maximum Gasteiger partial charge on any atom is 0.208 e. The van der Waals surface area contributed by atoms with Gasteiger partial charge in [-0.05, 0) is 24.6 Å². The summed E-state index contributed by atoms with van der Waals surface area (Å²) in [7, 11) is 0. The van der Waals surface area contributed by atoms with Gasteiger partial charge in [-0.2, -0.15) is 0 Å². The topological polar surface area (TPSA) is 47.3 Å². The number of hydrazine groups is 1. The third-order valence-electron chi connectivity index (χ3n) is 3.71. The zero-order chi connectivity index (χ0) is 14.5. The van der Waals surface area contributed by atoms with Crippen molar-refractivity contribution in [1.82, 2.24) is 0 Å². The van der Waals surface area contributed by atoms with Crippen molar-refractivity contribution >= 4 is 5.69 Å². The van der Waals surface area contributed by atoms with Gasteiger partial charge in [0.15, 0.2) is 5.82 Å². The minimum Gasteiger partial charge on any atom is -0.486 e. The first-order valence-corrected chi connectivity index (χ1v) is 6.15. The molecule has 0 amide bonds. The summed E-state index contributed by atoms with van der Waals surface area (Å²) in [4.78, 5) is 0. The number of fused-ring (bicyclic) bond motifs is 1. The van der Waals surface area contributed by atoms with Gasteiger partial charge >= 0.3 is 0 Å². The Bertz CT molecular complexity index is 606. The normalized spacial score (nSPS) is 30.6. The van der Waals surface area contributed by atoms with E-state index in [-0.39, 0.29) is 11.4 Å². The van der Waals surface area contributed by atoms with Crippen molar-refractivity contribution in [3.05, 3.63) is 47.6 Å². The molecule has 0 bridgehead atoms. The number of hydrogen-bond donors (Lipinski definition) is 2. The number of nitrogens with two attached hydrogens (primary N) is 1. The third kappa shape index (κ3) is 1.71. The predicted molar refractivity (Wildman–Crippen MR) is 69.0 cm³/mol. The number of hydrogen-bond acceptors (Lipinski definition) is 3. The van der Waals surface area contributed by atoms with Crippen LogP contribution in [0.25, 0.3) is 0 Å². The SMILES string of the molecule is Cc1cc(OC2[C@H]3C=CC=C(F)C23F)cc(F)c1NN. The molecule has 3 N–H and O–H groups in total. The van der Waals surface area contributed by atoms with Crippen molar-refractivity contribution in [2.75, 3.05) is 5.43 Å². The molecule has 2 aliphatic rings. The number of alkyl halides is 1. The van der Waals surface area contributed by atoms with Crippen LogP contribution < -0.4 is 16.0 Å². The van der Waals surface area contributed by atoms with Crippen LogP contribution in [0.15, 0.2) is 36.2 Å². The fourth-order valence-electron chi connectivity index (χ4n) is 2.54. The van der Waals surface area contributed by atoms with E-state index in [1.54, 1.807) is 13.0 Å². The van der Waals surface area contributed by atoms with Gasteiger partial charge in [-0.15, -0.1) is 0 Å². The first-order chi connectivity index (χ1) is 9.48. The highest BCUT2D eigenvalue weighted by atomic mass is 19.2. The van der Waals surface area contributed by atoms with Gasteiger partial charge in [-0.3, -0.25) is 5.84 Å². The highest BCUT2D eigenvalue weighted by Gasteiger charge is 2.71. The largest absolute Gasteiger partial charge is 0.486 e. The standard InChI is InChI=1S/C14H13F3N2O/c1-7-5-8(6-10(15)12(7)19-18)20-13-9-3-2-4-11(16)14(9,13)17/h2-6,9,13,19H,18H2,1H3/t9-,13?,14?/m1/s1. The lowest BCUT2D eigenvalue weighted by Gasteiger charge is -2.11. The fraction of sp³-hybridized carbons (Fsp3) is 0.286. The summed E-state index contributed by atoms with van der Waals surface area (Å²) in [5, 5.41) is 0. The lowest BCUT2D eigenvalue weighted by Crippen LogP contribution is -2.15.